The highest BCUT2D eigenvalue weighted by molar-refractivity contribution is 5.92. The Morgan fingerprint density at radius 3 is 2.70 bits per heavy atom. The predicted molar refractivity (Wildman–Crippen MR) is 106 cm³/mol. The van der Waals surface area contributed by atoms with Crippen molar-refractivity contribution in [2.75, 3.05) is 6.54 Å². The molecule has 0 aromatic carbocycles. The number of aryl methyl sites for hydroxylation is 2. The van der Waals surface area contributed by atoms with Crippen molar-refractivity contribution in [3.8, 4) is 5.82 Å². The molecule has 2 aromatic heterocycles. The summed E-state index contributed by atoms with van der Waals surface area (Å²) in [6.45, 7) is 6.90. The van der Waals surface area contributed by atoms with Gasteiger partial charge in [0.2, 0.25) is 5.91 Å². The molecular formula is C22H29N3O2. The third-order valence-electron chi connectivity index (χ3n) is 6.25. The number of hydrogen-bond donors (Lipinski definition) is 0. The zero-order valence-electron chi connectivity index (χ0n) is 16.6. The van der Waals surface area contributed by atoms with Crippen molar-refractivity contribution in [3.63, 3.8) is 0 Å². The largest absolute Gasteiger partial charge is 0.360 e. The van der Waals surface area contributed by atoms with Crippen LogP contribution in [0.15, 0.2) is 22.7 Å². The van der Waals surface area contributed by atoms with Gasteiger partial charge in [-0.2, -0.15) is 0 Å². The summed E-state index contributed by atoms with van der Waals surface area (Å²) in [5.41, 5.74) is 3.20. The average Bonchev–Trinajstić information content (AvgIpc) is 3.21. The molecule has 0 spiro atoms. The Hall–Kier alpha value is -2.30. The fourth-order valence-electron chi connectivity index (χ4n) is 4.92. The van der Waals surface area contributed by atoms with E-state index in [9.17, 15) is 4.79 Å². The molecule has 5 nitrogen and oxygen atoms in total. The number of rotatable bonds is 3. The van der Waals surface area contributed by atoms with Crippen LogP contribution in [0, 0.1) is 26.7 Å². The van der Waals surface area contributed by atoms with Gasteiger partial charge in [-0.05, 0) is 70.1 Å². The lowest BCUT2D eigenvalue weighted by atomic mass is 9.78. The lowest BCUT2D eigenvalue weighted by Crippen LogP contribution is -2.49. The number of carbonyl (C=O) groups is 1. The monoisotopic (exact) mass is 367 g/mol. The van der Waals surface area contributed by atoms with Crippen LogP contribution in [0.1, 0.15) is 61.2 Å². The third-order valence-corrected chi connectivity index (χ3v) is 6.25. The first-order chi connectivity index (χ1) is 13.0. The van der Waals surface area contributed by atoms with E-state index in [1.807, 2.05) is 26.0 Å². The summed E-state index contributed by atoms with van der Waals surface area (Å²) < 4.78 is 7.28. The molecule has 2 aromatic rings. The van der Waals surface area contributed by atoms with Crippen LogP contribution >= 0.6 is 0 Å². The van der Waals surface area contributed by atoms with Crippen LogP contribution in [-0.4, -0.2) is 33.1 Å². The van der Waals surface area contributed by atoms with Gasteiger partial charge in [0, 0.05) is 36.1 Å². The van der Waals surface area contributed by atoms with Crippen molar-refractivity contribution in [1.82, 2.24) is 14.6 Å². The molecule has 1 amide bonds. The van der Waals surface area contributed by atoms with Crippen molar-refractivity contribution in [1.29, 1.82) is 0 Å². The summed E-state index contributed by atoms with van der Waals surface area (Å²) in [7, 11) is 0. The van der Waals surface area contributed by atoms with Crippen molar-refractivity contribution < 1.29 is 9.32 Å². The molecule has 144 valence electrons. The lowest BCUT2D eigenvalue weighted by molar-refractivity contribution is -0.132. The Bertz CT molecular complexity index is 859. The van der Waals surface area contributed by atoms with Gasteiger partial charge in [-0.1, -0.05) is 18.0 Å². The van der Waals surface area contributed by atoms with Crippen LogP contribution in [0.2, 0.25) is 0 Å². The van der Waals surface area contributed by atoms with E-state index in [-0.39, 0.29) is 5.91 Å². The second kappa shape index (κ2) is 7.37. The zero-order chi connectivity index (χ0) is 19.0. The zero-order valence-corrected chi connectivity index (χ0v) is 16.6. The number of likely N-dealkylation sites (tertiary alicyclic amines) is 1. The average molecular weight is 367 g/mol. The number of amides is 1. The fourth-order valence-corrected chi connectivity index (χ4v) is 4.92. The molecular weight excluding hydrogens is 338 g/mol. The molecule has 0 unspecified atom stereocenters. The highest BCUT2D eigenvalue weighted by Crippen LogP contribution is 2.35. The Labute approximate surface area is 161 Å². The summed E-state index contributed by atoms with van der Waals surface area (Å²) in [5, 5.41) is 4.12. The topological polar surface area (TPSA) is 51.3 Å². The van der Waals surface area contributed by atoms with E-state index in [1.54, 1.807) is 6.08 Å². The van der Waals surface area contributed by atoms with Crippen molar-refractivity contribution in [3.05, 3.63) is 40.9 Å². The maximum absolute atomic E-state index is 12.9. The Kier molecular flexibility index (Phi) is 4.94. The predicted octanol–water partition coefficient (Wildman–Crippen LogP) is 4.58. The van der Waals surface area contributed by atoms with E-state index in [4.69, 9.17) is 4.52 Å². The third kappa shape index (κ3) is 3.47. The maximum atomic E-state index is 12.9. The molecule has 0 radical (unpaired) electrons. The van der Waals surface area contributed by atoms with Gasteiger partial charge in [-0.25, -0.2) is 0 Å². The highest BCUT2D eigenvalue weighted by Gasteiger charge is 2.34. The highest BCUT2D eigenvalue weighted by atomic mass is 16.5. The quantitative estimate of drug-likeness (QED) is 0.746. The molecule has 1 saturated carbocycles. The minimum Gasteiger partial charge on any atom is -0.360 e. The summed E-state index contributed by atoms with van der Waals surface area (Å²) in [4.78, 5) is 15.0. The normalized spacial score (nSPS) is 23.0. The number of aromatic nitrogens is 2. The van der Waals surface area contributed by atoms with E-state index < -0.39 is 0 Å². The SMILES string of the molecule is Cc1cc(-n2c(C)cc(/C=C/C(=O)N3CCC[C@H]4CCCC[C@H]43)c2C)no1. The molecule has 0 N–H and O–H groups in total. The number of hydrogen-bond acceptors (Lipinski definition) is 3. The van der Waals surface area contributed by atoms with Gasteiger partial charge in [-0.15, -0.1) is 0 Å². The second-order valence-corrected chi connectivity index (χ2v) is 8.08. The van der Waals surface area contributed by atoms with E-state index in [1.165, 1.54) is 32.1 Å². The van der Waals surface area contributed by atoms with Crippen LogP contribution in [0.25, 0.3) is 11.9 Å². The van der Waals surface area contributed by atoms with Crippen molar-refractivity contribution >= 4 is 12.0 Å². The van der Waals surface area contributed by atoms with Gasteiger partial charge in [0.15, 0.2) is 5.82 Å². The van der Waals surface area contributed by atoms with Crippen LogP contribution < -0.4 is 0 Å². The van der Waals surface area contributed by atoms with Gasteiger partial charge in [0.25, 0.3) is 0 Å². The molecule has 2 fully saturated rings. The molecule has 5 heteroatoms. The summed E-state index contributed by atoms with van der Waals surface area (Å²) in [6, 6.07) is 4.48. The lowest BCUT2D eigenvalue weighted by Gasteiger charge is -2.43. The molecule has 2 atom stereocenters. The molecule has 27 heavy (non-hydrogen) atoms. The first kappa shape index (κ1) is 18.1. The van der Waals surface area contributed by atoms with Crippen molar-refractivity contribution in [2.24, 2.45) is 5.92 Å². The number of fused-ring (bicyclic) bond motifs is 1. The minimum atomic E-state index is 0.161. The fraction of sp³-hybridized carbons (Fsp3) is 0.545. The van der Waals surface area contributed by atoms with E-state index >= 15 is 0 Å². The molecule has 2 aliphatic rings. The summed E-state index contributed by atoms with van der Waals surface area (Å²) in [5.74, 6) is 2.45. The van der Waals surface area contributed by atoms with Crippen LogP contribution in [0.3, 0.4) is 0 Å². The van der Waals surface area contributed by atoms with Crippen LogP contribution in [0.4, 0.5) is 0 Å². The van der Waals surface area contributed by atoms with Crippen LogP contribution in [0.5, 0.6) is 0 Å². The van der Waals surface area contributed by atoms with Crippen LogP contribution in [-0.2, 0) is 4.79 Å². The molecule has 3 heterocycles. The van der Waals surface area contributed by atoms with E-state index in [0.717, 1.165) is 41.5 Å². The van der Waals surface area contributed by atoms with Gasteiger partial charge in [0.1, 0.15) is 5.76 Å². The van der Waals surface area contributed by atoms with Gasteiger partial charge in [0.05, 0.1) is 0 Å². The minimum absolute atomic E-state index is 0.161. The van der Waals surface area contributed by atoms with Gasteiger partial charge < -0.3 is 9.42 Å². The van der Waals surface area contributed by atoms with E-state index in [0.29, 0.717) is 12.0 Å². The standard InChI is InChI=1S/C22H29N3O2/c1-15-13-19(17(3)25(15)21-14-16(2)27-23-21)10-11-22(26)24-12-6-8-18-7-4-5-9-20(18)24/h10-11,13-14,18,20H,4-9,12H2,1-3H3/b11-10+/t18-,20-/m1/s1. The molecule has 0 bridgehead atoms. The summed E-state index contributed by atoms with van der Waals surface area (Å²) >= 11 is 0. The number of carbonyl (C=O) groups excluding carboxylic acids is 1. The first-order valence-electron chi connectivity index (χ1n) is 10.2. The first-order valence-corrected chi connectivity index (χ1v) is 10.2. The summed E-state index contributed by atoms with van der Waals surface area (Å²) in [6.07, 6.45) is 11.2. The Morgan fingerprint density at radius 2 is 1.93 bits per heavy atom. The Morgan fingerprint density at radius 1 is 1.15 bits per heavy atom. The van der Waals surface area contributed by atoms with Gasteiger partial charge in [-0.3, -0.25) is 9.36 Å². The second-order valence-electron chi connectivity index (χ2n) is 8.08. The molecule has 1 saturated heterocycles. The Balaban J connectivity index is 1.53. The number of nitrogens with zero attached hydrogens (tertiary/aromatic N) is 3. The number of piperidine rings is 1. The smallest absolute Gasteiger partial charge is 0.246 e. The maximum Gasteiger partial charge on any atom is 0.246 e. The molecule has 1 aliphatic carbocycles. The molecule has 4 rings (SSSR count). The molecule has 1 aliphatic heterocycles. The van der Waals surface area contributed by atoms with E-state index in [2.05, 4.69) is 27.6 Å². The van der Waals surface area contributed by atoms with Crippen molar-refractivity contribution in [2.45, 2.75) is 65.3 Å². The van der Waals surface area contributed by atoms with Gasteiger partial charge >= 0.3 is 0 Å².